The van der Waals surface area contributed by atoms with Gasteiger partial charge in [-0.3, -0.25) is 0 Å². The average Bonchev–Trinajstić information content (AvgIpc) is 2.73. The second kappa shape index (κ2) is 8.31. The smallest absolute Gasteiger partial charge is 0.247 e. The number of para-hydroxylation sites is 2. The lowest BCUT2D eigenvalue weighted by molar-refractivity contribution is 0.212. The summed E-state index contributed by atoms with van der Waals surface area (Å²) in [6.07, 6.45) is 0. The van der Waals surface area contributed by atoms with E-state index in [-0.39, 0.29) is 40.9 Å². The molecule has 1 saturated heterocycles. The summed E-state index contributed by atoms with van der Waals surface area (Å²) in [6.45, 7) is 1.81. The summed E-state index contributed by atoms with van der Waals surface area (Å²) in [5, 5.41) is 0. The van der Waals surface area contributed by atoms with Gasteiger partial charge in [-0.05, 0) is 31.2 Å². The molecule has 1 fully saturated rings. The molecular weight excluding hydrogens is 416 g/mol. The predicted octanol–water partition coefficient (Wildman–Crippen LogP) is 1.79. The average molecular weight is 441 g/mol. The zero-order valence-electron chi connectivity index (χ0n) is 16.5. The van der Waals surface area contributed by atoms with Crippen LogP contribution in [-0.2, 0) is 20.0 Å². The van der Waals surface area contributed by atoms with Gasteiger partial charge in [0.05, 0.1) is 14.2 Å². The van der Waals surface area contributed by atoms with Gasteiger partial charge in [0.1, 0.15) is 21.3 Å². The van der Waals surface area contributed by atoms with Crippen LogP contribution in [0.5, 0.6) is 11.5 Å². The molecule has 2 aromatic rings. The van der Waals surface area contributed by atoms with Crippen molar-refractivity contribution in [1.82, 2.24) is 8.61 Å². The lowest BCUT2D eigenvalue weighted by Gasteiger charge is -2.38. The summed E-state index contributed by atoms with van der Waals surface area (Å²) in [5.41, 5.74) is 0. The van der Waals surface area contributed by atoms with Gasteiger partial charge in [0.2, 0.25) is 20.0 Å². The summed E-state index contributed by atoms with van der Waals surface area (Å²) < 4.78 is 65.5. The molecule has 0 bridgehead atoms. The maximum atomic E-state index is 13.2. The molecule has 1 heterocycles. The zero-order valence-corrected chi connectivity index (χ0v) is 18.1. The first-order valence-electron chi connectivity index (χ1n) is 9.01. The van der Waals surface area contributed by atoms with Crippen molar-refractivity contribution in [3.8, 4) is 11.5 Å². The Balaban J connectivity index is 1.87. The molecule has 29 heavy (non-hydrogen) atoms. The molecule has 3 rings (SSSR count). The fourth-order valence-corrected chi connectivity index (χ4v) is 6.85. The minimum atomic E-state index is -3.84. The van der Waals surface area contributed by atoms with Crippen molar-refractivity contribution in [3.05, 3.63) is 48.5 Å². The van der Waals surface area contributed by atoms with Gasteiger partial charge in [0.15, 0.2) is 0 Å². The van der Waals surface area contributed by atoms with Crippen LogP contribution in [0.25, 0.3) is 0 Å². The zero-order chi connectivity index (χ0) is 21.2. The van der Waals surface area contributed by atoms with E-state index in [1.807, 2.05) is 0 Å². The van der Waals surface area contributed by atoms with Gasteiger partial charge in [-0.25, -0.2) is 16.8 Å². The largest absolute Gasteiger partial charge is 0.495 e. The van der Waals surface area contributed by atoms with Crippen molar-refractivity contribution >= 4 is 20.0 Å². The van der Waals surface area contributed by atoms with Gasteiger partial charge in [-0.1, -0.05) is 24.3 Å². The first kappa shape index (κ1) is 21.6. The normalized spacial score (nSPS) is 19.1. The quantitative estimate of drug-likeness (QED) is 0.680. The first-order valence-corrected chi connectivity index (χ1v) is 11.9. The molecular formula is C19H24N2O6S2. The molecule has 8 nitrogen and oxygen atoms in total. The van der Waals surface area contributed by atoms with E-state index >= 15 is 0 Å². The SMILES string of the molecule is COc1ccccc1S(=O)(=O)N1CCN(S(=O)(=O)c2ccccc2OC)C(C)C1. The number of ether oxygens (including phenoxy) is 2. The number of rotatable bonds is 6. The Kier molecular flexibility index (Phi) is 6.18. The Morgan fingerprint density at radius 3 is 1.76 bits per heavy atom. The lowest BCUT2D eigenvalue weighted by atomic mass is 10.3. The number of methoxy groups -OCH3 is 2. The summed E-state index contributed by atoms with van der Waals surface area (Å²) in [7, 11) is -4.84. The van der Waals surface area contributed by atoms with Gasteiger partial charge >= 0.3 is 0 Å². The highest BCUT2D eigenvalue weighted by atomic mass is 32.2. The van der Waals surface area contributed by atoms with E-state index in [9.17, 15) is 16.8 Å². The molecule has 10 heteroatoms. The van der Waals surface area contributed by atoms with Crippen LogP contribution in [0.15, 0.2) is 58.3 Å². The Labute approximate surface area is 171 Å². The minimum Gasteiger partial charge on any atom is -0.495 e. The second-order valence-electron chi connectivity index (χ2n) is 6.63. The minimum absolute atomic E-state index is 0.0365. The molecule has 0 amide bonds. The van der Waals surface area contributed by atoms with Gasteiger partial charge < -0.3 is 9.47 Å². The fourth-order valence-electron chi connectivity index (χ4n) is 3.41. The lowest BCUT2D eigenvalue weighted by Crippen LogP contribution is -2.55. The summed E-state index contributed by atoms with van der Waals surface area (Å²) in [5.74, 6) is 0.507. The van der Waals surface area contributed by atoms with E-state index in [4.69, 9.17) is 9.47 Å². The standard InChI is InChI=1S/C19H24N2O6S2/c1-15-14-20(28(22,23)18-10-6-4-8-16(18)26-2)12-13-21(15)29(24,25)19-11-7-5-9-17(19)27-3/h4-11,15H,12-14H2,1-3H3. The third kappa shape index (κ3) is 3.97. The van der Waals surface area contributed by atoms with Crippen molar-refractivity contribution in [2.75, 3.05) is 33.9 Å². The molecule has 1 unspecified atom stereocenters. The molecule has 1 aliphatic rings. The topological polar surface area (TPSA) is 93.2 Å². The maximum Gasteiger partial charge on any atom is 0.247 e. The highest BCUT2D eigenvalue weighted by Gasteiger charge is 2.39. The molecule has 2 aromatic carbocycles. The van der Waals surface area contributed by atoms with Crippen molar-refractivity contribution in [3.63, 3.8) is 0 Å². The van der Waals surface area contributed by atoms with Crippen LogP contribution in [0.2, 0.25) is 0 Å². The highest BCUT2D eigenvalue weighted by Crippen LogP contribution is 2.31. The predicted molar refractivity (Wildman–Crippen MR) is 108 cm³/mol. The van der Waals surface area contributed by atoms with Crippen LogP contribution < -0.4 is 9.47 Å². The number of hydrogen-bond acceptors (Lipinski definition) is 6. The Hall–Kier alpha value is -2.14. The van der Waals surface area contributed by atoms with Crippen molar-refractivity contribution < 1.29 is 26.3 Å². The van der Waals surface area contributed by atoms with E-state index in [2.05, 4.69) is 0 Å². The van der Waals surface area contributed by atoms with Crippen LogP contribution in [-0.4, -0.2) is 65.3 Å². The summed E-state index contributed by atoms with van der Waals surface area (Å²) in [4.78, 5) is 0.131. The summed E-state index contributed by atoms with van der Waals surface area (Å²) in [6, 6.07) is 12.2. The molecule has 0 radical (unpaired) electrons. The van der Waals surface area contributed by atoms with Crippen LogP contribution in [0.3, 0.4) is 0 Å². The summed E-state index contributed by atoms with van der Waals surface area (Å²) >= 11 is 0. The number of piperazine rings is 1. The molecule has 158 valence electrons. The Morgan fingerprint density at radius 2 is 1.28 bits per heavy atom. The molecule has 0 aliphatic carbocycles. The second-order valence-corrected chi connectivity index (χ2v) is 10.4. The van der Waals surface area contributed by atoms with Gasteiger partial charge in [-0.15, -0.1) is 0 Å². The fraction of sp³-hybridized carbons (Fsp3) is 0.368. The number of benzene rings is 2. The van der Waals surface area contributed by atoms with Crippen LogP contribution >= 0.6 is 0 Å². The molecule has 1 aliphatic heterocycles. The van der Waals surface area contributed by atoms with E-state index in [0.29, 0.717) is 0 Å². The molecule has 0 N–H and O–H groups in total. The number of sulfonamides is 2. The van der Waals surface area contributed by atoms with Crippen molar-refractivity contribution in [1.29, 1.82) is 0 Å². The van der Waals surface area contributed by atoms with Gasteiger partial charge in [0.25, 0.3) is 0 Å². The van der Waals surface area contributed by atoms with E-state index in [1.54, 1.807) is 43.3 Å². The van der Waals surface area contributed by atoms with Crippen molar-refractivity contribution in [2.45, 2.75) is 22.8 Å². The van der Waals surface area contributed by atoms with E-state index in [0.717, 1.165) is 0 Å². The van der Waals surface area contributed by atoms with Gasteiger partial charge in [-0.2, -0.15) is 8.61 Å². The highest BCUT2D eigenvalue weighted by molar-refractivity contribution is 7.89. The van der Waals surface area contributed by atoms with Crippen molar-refractivity contribution in [2.24, 2.45) is 0 Å². The Bertz CT molecular complexity index is 1090. The molecule has 1 atom stereocenters. The van der Waals surface area contributed by atoms with Crippen LogP contribution in [0.1, 0.15) is 6.92 Å². The third-order valence-electron chi connectivity index (χ3n) is 4.87. The maximum absolute atomic E-state index is 13.2. The number of hydrogen-bond donors (Lipinski definition) is 0. The van der Waals surface area contributed by atoms with Crippen LogP contribution in [0, 0.1) is 0 Å². The van der Waals surface area contributed by atoms with E-state index in [1.165, 1.54) is 35.0 Å². The first-order chi connectivity index (χ1) is 13.7. The van der Waals surface area contributed by atoms with Crippen LogP contribution in [0.4, 0.5) is 0 Å². The van der Waals surface area contributed by atoms with Gasteiger partial charge in [0, 0.05) is 25.7 Å². The molecule has 0 aromatic heterocycles. The Morgan fingerprint density at radius 1 is 0.793 bits per heavy atom. The number of nitrogens with zero attached hydrogens (tertiary/aromatic N) is 2. The molecule has 0 spiro atoms. The van der Waals surface area contributed by atoms with E-state index < -0.39 is 26.1 Å². The third-order valence-corrected chi connectivity index (χ3v) is 8.83. The molecule has 0 saturated carbocycles. The monoisotopic (exact) mass is 440 g/mol.